The molecule has 6 nitrogen and oxygen atoms in total. The van der Waals surface area contributed by atoms with Crippen molar-refractivity contribution >= 4 is 17.9 Å². The third-order valence-electron chi connectivity index (χ3n) is 3.30. The summed E-state index contributed by atoms with van der Waals surface area (Å²) in [4.78, 5) is 23.5. The molecule has 0 saturated carbocycles. The van der Waals surface area contributed by atoms with Crippen LogP contribution in [0.4, 0.5) is 5.69 Å². The van der Waals surface area contributed by atoms with Crippen LogP contribution in [0.15, 0.2) is 36.4 Å². The maximum absolute atomic E-state index is 12.5. The fraction of sp³-hybridized carbons (Fsp3) is 0.222. The summed E-state index contributed by atoms with van der Waals surface area (Å²) in [6.45, 7) is 2.28. The molecule has 0 aliphatic rings. The maximum Gasteiger partial charge on any atom is 0.256 e. The lowest BCUT2D eigenvalue weighted by Crippen LogP contribution is -2.13. The second kappa shape index (κ2) is 8.01. The van der Waals surface area contributed by atoms with Crippen LogP contribution < -0.4 is 19.5 Å². The van der Waals surface area contributed by atoms with Crippen LogP contribution in [0.5, 0.6) is 17.2 Å². The Kier molecular flexibility index (Phi) is 5.78. The Morgan fingerprint density at radius 1 is 1.08 bits per heavy atom. The van der Waals surface area contributed by atoms with Gasteiger partial charge in [-0.25, -0.2) is 0 Å². The SMILES string of the molecule is CCOc1ccc(C=O)cc1NC(=O)c1cc(OC)cc(OC)c1. The van der Waals surface area contributed by atoms with Crippen LogP contribution in [0.1, 0.15) is 27.6 Å². The van der Waals surface area contributed by atoms with Crippen LogP contribution >= 0.6 is 0 Å². The summed E-state index contributed by atoms with van der Waals surface area (Å²) in [6, 6.07) is 9.71. The summed E-state index contributed by atoms with van der Waals surface area (Å²) in [5.41, 5.74) is 1.23. The number of ether oxygens (including phenoxy) is 3. The predicted molar refractivity (Wildman–Crippen MR) is 90.5 cm³/mol. The van der Waals surface area contributed by atoms with Crippen molar-refractivity contribution in [3.63, 3.8) is 0 Å². The minimum absolute atomic E-state index is 0.365. The van der Waals surface area contributed by atoms with Gasteiger partial charge in [0.25, 0.3) is 5.91 Å². The molecule has 6 heteroatoms. The lowest BCUT2D eigenvalue weighted by Gasteiger charge is -2.13. The van der Waals surface area contributed by atoms with Crippen LogP contribution in [-0.4, -0.2) is 33.0 Å². The normalized spacial score (nSPS) is 9.96. The van der Waals surface area contributed by atoms with E-state index in [0.29, 0.717) is 47.0 Å². The first kappa shape index (κ1) is 17.3. The van der Waals surface area contributed by atoms with E-state index in [1.165, 1.54) is 14.2 Å². The molecule has 0 spiro atoms. The monoisotopic (exact) mass is 329 g/mol. The van der Waals surface area contributed by atoms with Crippen molar-refractivity contribution in [1.82, 2.24) is 0 Å². The standard InChI is InChI=1S/C18H19NO5/c1-4-24-17-6-5-12(11-20)7-16(17)19-18(21)13-8-14(22-2)10-15(9-13)23-3/h5-11H,4H2,1-3H3,(H,19,21). The lowest BCUT2D eigenvalue weighted by molar-refractivity contribution is 0.102. The number of rotatable bonds is 7. The van der Waals surface area contributed by atoms with E-state index in [2.05, 4.69) is 5.32 Å². The Hall–Kier alpha value is -3.02. The number of carbonyl (C=O) groups is 2. The molecule has 2 rings (SSSR count). The van der Waals surface area contributed by atoms with Gasteiger partial charge in [-0.1, -0.05) is 0 Å². The van der Waals surface area contributed by atoms with Crippen LogP contribution in [0, 0.1) is 0 Å². The van der Waals surface area contributed by atoms with Crippen LogP contribution in [-0.2, 0) is 0 Å². The van der Waals surface area contributed by atoms with E-state index in [4.69, 9.17) is 14.2 Å². The highest BCUT2D eigenvalue weighted by atomic mass is 16.5. The molecule has 0 unspecified atom stereocenters. The molecule has 0 atom stereocenters. The summed E-state index contributed by atoms with van der Waals surface area (Å²) in [5.74, 6) is 1.14. The quantitative estimate of drug-likeness (QED) is 0.790. The van der Waals surface area contributed by atoms with Gasteiger partial charge in [0.2, 0.25) is 0 Å². The van der Waals surface area contributed by atoms with Crippen molar-refractivity contribution in [2.24, 2.45) is 0 Å². The molecular formula is C18H19NO5. The molecule has 0 aromatic heterocycles. The van der Waals surface area contributed by atoms with Crippen molar-refractivity contribution in [3.05, 3.63) is 47.5 Å². The van der Waals surface area contributed by atoms with E-state index in [-0.39, 0.29) is 5.91 Å². The van der Waals surface area contributed by atoms with Gasteiger partial charge in [0.15, 0.2) is 0 Å². The number of benzene rings is 2. The van der Waals surface area contributed by atoms with E-state index in [0.717, 1.165) is 0 Å². The van der Waals surface area contributed by atoms with E-state index >= 15 is 0 Å². The van der Waals surface area contributed by atoms with Gasteiger partial charge in [0.1, 0.15) is 23.5 Å². The lowest BCUT2D eigenvalue weighted by atomic mass is 10.1. The molecule has 24 heavy (non-hydrogen) atoms. The van der Waals surface area contributed by atoms with Gasteiger partial charge < -0.3 is 19.5 Å². The van der Waals surface area contributed by atoms with Crippen molar-refractivity contribution in [1.29, 1.82) is 0 Å². The summed E-state index contributed by atoms with van der Waals surface area (Å²) in [6.07, 6.45) is 0.708. The van der Waals surface area contributed by atoms with Gasteiger partial charge in [-0.05, 0) is 37.3 Å². The summed E-state index contributed by atoms with van der Waals surface area (Å²) < 4.78 is 15.8. The third kappa shape index (κ3) is 4.04. The first-order valence-corrected chi connectivity index (χ1v) is 7.37. The summed E-state index contributed by atoms with van der Waals surface area (Å²) >= 11 is 0. The number of carbonyl (C=O) groups excluding carboxylic acids is 2. The van der Waals surface area contributed by atoms with Crippen LogP contribution in [0.3, 0.4) is 0 Å². The van der Waals surface area contributed by atoms with E-state index < -0.39 is 0 Å². The third-order valence-corrected chi connectivity index (χ3v) is 3.30. The van der Waals surface area contributed by atoms with Crippen molar-refractivity contribution < 1.29 is 23.8 Å². The second-order valence-electron chi connectivity index (χ2n) is 4.86. The van der Waals surface area contributed by atoms with Gasteiger partial charge in [0, 0.05) is 17.2 Å². The molecule has 0 aliphatic carbocycles. The number of anilines is 1. The number of amides is 1. The van der Waals surface area contributed by atoms with Gasteiger partial charge >= 0.3 is 0 Å². The Morgan fingerprint density at radius 2 is 1.75 bits per heavy atom. The minimum atomic E-state index is -0.365. The fourth-order valence-corrected chi connectivity index (χ4v) is 2.13. The Bertz CT molecular complexity index is 720. The van der Waals surface area contributed by atoms with Crippen LogP contribution in [0.2, 0.25) is 0 Å². The van der Waals surface area contributed by atoms with Gasteiger partial charge in [-0.15, -0.1) is 0 Å². The van der Waals surface area contributed by atoms with Crippen molar-refractivity contribution in [2.45, 2.75) is 6.92 Å². The Balaban J connectivity index is 2.33. The first-order valence-electron chi connectivity index (χ1n) is 7.37. The van der Waals surface area contributed by atoms with Gasteiger partial charge in [-0.2, -0.15) is 0 Å². The maximum atomic E-state index is 12.5. The highest BCUT2D eigenvalue weighted by molar-refractivity contribution is 6.06. The van der Waals surface area contributed by atoms with E-state index in [1.54, 1.807) is 36.4 Å². The number of hydrogen-bond acceptors (Lipinski definition) is 5. The molecule has 1 amide bonds. The molecule has 1 N–H and O–H groups in total. The number of aldehydes is 1. The molecule has 2 aromatic rings. The smallest absolute Gasteiger partial charge is 0.256 e. The molecule has 0 saturated heterocycles. The Morgan fingerprint density at radius 3 is 2.29 bits per heavy atom. The topological polar surface area (TPSA) is 73.9 Å². The van der Waals surface area contributed by atoms with Crippen LogP contribution in [0.25, 0.3) is 0 Å². The average molecular weight is 329 g/mol. The zero-order valence-corrected chi connectivity index (χ0v) is 13.8. The zero-order valence-electron chi connectivity index (χ0n) is 13.8. The largest absolute Gasteiger partial charge is 0.497 e. The van der Waals surface area contributed by atoms with Gasteiger partial charge in [-0.3, -0.25) is 9.59 Å². The highest BCUT2D eigenvalue weighted by Gasteiger charge is 2.13. The summed E-state index contributed by atoms with van der Waals surface area (Å²) in [7, 11) is 3.02. The molecule has 0 heterocycles. The molecule has 2 aromatic carbocycles. The number of hydrogen-bond donors (Lipinski definition) is 1. The van der Waals surface area contributed by atoms with Crippen molar-refractivity contribution in [2.75, 3.05) is 26.1 Å². The van der Waals surface area contributed by atoms with E-state index in [1.807, 2.05) is 6.92 Å². The minimum Gasteiger partial charge on any atom is -0.497 e. The second-order valence-corrected chi connectivity index (χ2v) is 4.86. The molecule has 0 fully saturated rings. The number of methoxy groups -OCH3 is 2. The average Bonchev–Trinajstić information content (AvgIpc) is 2.62. The van der Waals surface area contributed by atoms with Gasteiger partial charge in [0.05, 0.1) is 26.5 Å². The first-order chi connectivity index (χ1) is 11.6. The molecule has 0 aliphatic heterocycles. The molecular weight excluding hydrogens is 310 g/mol. The fourth-order valence-electron chi connectivity index (χ4n) is 2.13. The highest BCUT2D eigenvalue weighted by Crippen LogP contribution is 2.28. The Labute approximate surface area is 140 Å². The molecule has 0 radical (unpaired) electrons. The number of nitrogens with one attached hydrogen (secondary N) is 1. The predicted octanol–water partition coefficient (Wildman–Crippen LogP) is 3.17. The van der Waals surface area contributed by atoms with Crippen molar-refractivity contribution in [3.8, 4) is 17.2 Å². The molecule has 0 bridgehead atoms. The van der Waals surface area contributed by atoms with E-state index in [9.17, 15) is 9.59 Å². The molecule has 126 valence electrons. The summed E-state index contributed by atoms with van der Waals surface area (Å²) in [5, 5.41) is 2.76. The zero-order chi connectivity index (χ0) is 17.5.